The van der Waals surface area contributed by atoms with Crippen LogP contribution in [0, 0.1) is 12.3 Å². The van der Waals surface area contributed by atoms with Crippen molar-refractivity contribution in [1.29, 1.82) is 5.41 Å². The Morgan fingerprint density at radius 1 is 1.25 bits per heavy atom. The molecule has 104 valence electrons. The predicted octanol–water partition coefficient (Wildman–Crippen LogP) is 4.09. The van der Waals surface area contributed by atoms with E-state index in [9.17, 15) is 0 Å². The SMILES string of the molecule is CCN(c1cccc(C)c1)c1ccc(C(=N)N)cc1Cl. The summed E-state index contributed by atoms with van der Waals surface area (Å²) >= 11 is 6.34. The van der Waals surface area contributed by atoms with Gasteiger partial charge in [-0.25, -0.2) is 0 Å². The van der Waals surface area contributed by atoms with Gasteiger partial charge < -0.3 is 10.6 Å². The summed E-state index contributed by atoms with van der Waals surface area (Å²) in [6, 6.07) is 13.7. The Morgan fingerprint density at radius 2 is 2.00 bits per heavy atom. The van der Waals surface area contributed by atoms with Crippen LogP contribution in [0.2, 0.25) is 5.02 Å². The minimum atomic E-state index is 0.0251. The molecule has 0 spiro atoms. The zero-order valence-electron chi connectivity index (χ0n) is 11.7. The molecule has 2 aromatic rings. The number of hydrogen-bond donors (Lipinski definition) is 2. The summed E-state index contributed by atoms with van der Waals surface area (Å²) in [6.45, 7) is 4.96. The van der Waals surface area contributed by atoms with Crippen LogP contribution >= 0.6 is 11.6 Å². The minimum absolute atomic E-state index is 0.0251. The van der Waals surface area contributed by atoms with E-state index >= 15 is 0 Å². The second-order valence-corrected chi connectivity index (χ2v) is 5.07. The lowest BCUT2D eigenvalue weighted by Gasteiger charge is -2.25. The lowest BCUT2D eigenvalue weighted by atomic mass is 10.1. The molecule has 0 unspecified atom stereocenters. The van der Waals surface area contributed by atoms with Gasteiger partial charge in [0.25, 0.3) is 0 Å². The van der Waals surface area contributed by atoms with Crippen molar-refractivity contribution >= 4 is 28.8 Å². The highest BCUT2D eigenvalue weighted by atomic mass is 35.5. The Bertz CT molecular complexity index is 637. The van der Waals surface area contributed by atoms with Crippen LogP contribution in [0.5, 0.6) is 0 Å². The first-order valence-electron chi connectivity index (χ1n) is 6.51. The van der Waals surface area contributed by atoms with Crippen molar-refractivity contribution in [3.05, 3.63) is 58.6 Å². The van der Waals surface area contributed by atoms with Crippen LogP contribution in [-0.2, 0) is 0 Å². The molecule has 0 fully saturated rings. The van der Waals surface area contributed by atoms with Crippen LogP contribution in [0.25, 0.3) is 0 Å². The molecular formula is C16H18ClN3. The maximum absolute atomic E-state index is 7.45. The standard InChI is InChI=1S/C16H18ClN3/c1-3-20(13-6-4-5-11(2)9-13)15-8-7-12(16(18)19)10-14(15)17/h4-10H,3H2,1-2H3,(H3,18,19). The number of nitrogen functional groups attached to an aromatic ring is 1. The molecule has 0 saturated carbocycles. The van der Waals surface area contributed by atoms with E-state index in [1.54, 1.807) is 6.07 Å². The Morgan fingerprint density at radius 3 is 2.55 bits per heavy atom. The molecule has 0 radical (unpaired) electrons. The zero-order chi connectivity index (χ0) is 14.7. The number of aryl methyl sites for hydroxylation is 1. The fourth-order valence-corrected chi connectivity index (χ4v) is 2.46. The highest BCUT2D eigenvalue weighted by Crippen LogP contribution is 2.32. The first-order valence-corrected chi connectivity index (χ1v) is 6.89. The zero-order valence-corrected chi connectivity index (χ0v) is 12.4. The highest BCUT2D eigenvalue weighted by molar-refractivity contribution is 6.33. The molecule has 2 rings (SSSR count). The first kappa shape index (κ1) is 14.4. The topological polar surface area (TPSA) is 53.1 Å². The smallest absolute Gasteiger partial charge is 0.122 e. The molecule has 0 heterocycles. The molecule has 20 heavy (non-hydrogen) atoms. The molecule has 0 aliphatic rings. The maximum Gasteiger partial charge on any atom is 0.122 e. The number of amidine groups is 1. The first-order chi connectivity index (χ1) is 9.52. The summed E-state index contributed by atoms with van der Waals surface area (Å²) in [5.41, 5.74) is 9.35. The molecular weight excluding hydrogens is 270 g/mol. The van der Waals surface area contributed by atoms with Crippen LogP contribution in [0.1, 0.15) is 18.1 Å². The second-order valence-electron chi connectivity index (χ2n) is 4.66. The van der Waals surface area contributed by atoms with Crippen molar-refractivity contribution in [2.75, 3.05) is 11.4 Å². The van der Waals surface area contributed by atoms with Crippen molar-refractivity contribution in [3.8, 4) is 0 Å². The number of nitrogens with zero attached hydrogens (tertiary/aromatic N) is 1. The Labute approximate surface area is 124 Å². The van der Waals surface area contributed by atoms with Crippen LogP contribution in [-0.4, -0.2) is 12.4 Å². The van der Waals surface area contributed by atoms with E-state index in [1.807, 2.05) is 18.2 Å². The predicted molar refractivity (Wildman–Crippen MR) is 86.3 cm³/mol. The van der Waals surface area contributed by atoms with E-state index in [0.717, 1.165) is 17.9 Å². The molecule has 4 heteroatoms. The normalized spacial score (nSPS) is 10.3. The van der Waals surface area contributed by atoms with Crippen molar-refractivity contribution in [3.63, 3.8) is 0 Å². The van der Waals surface area contributed by atoms with Gasteiger partial charge in [-0.05, 0) is 49.7 Å². The summed E-state index contributed by atoms with van der Waals surface area (Å²) in [4.78, 5) is 2.14. The van der Waals surface area contributed by atoms with Gasteiger partial charge in [0.2, 0.25) is 0 Å². The quantitative estimate of drug-likeness (QED) is 0.657. The van der Waals surface area contributed by atoms with Crippen LogP contribution in [0.3, 0.4) is 0 Å². The van der Waals surface area contributed by atoms with Crippen LogP contribution in [0.4, 0.5) is 11.4 Å². The number of nitrogens with one attached hydrogen (secondary N) is 1. The van der Waals surface area contributed by atoms with Crippen molar-refractivity contribution in [2.24, 2.45) is 5.73 Å². The molecule has 3 nitrogen and oxygen atoms in total. The van der Waals surface area contributed by atoms with Gasteiger partial charge in [0.15, 0.2) is 0 Å². The molecule has 0 bridgehead atoms. The van der Waals surface area contributed by atoms with Gasteiger partial charge in [0.05, 0.1) is 10.7 Å². The summed E-state index contributed by atoms with van der Waals surface area (Å²) in [6.07, 6.45) is 0. The van der Waals surface area contributed by atoms with Crippen molar-refractivity contribution < 1.29 is 0 Å². The van der Waals surface area contributed by atoms with Gasteiger partial charge in [-0.3, -0.25) is 5.41 Å². The fraction of sp³-hybridized carbons (Fsp3) is 0.188. The van der Waals surface area contributed by atoms with E-state index in [0.29, 0.717) is 10.6 Å². The fourth-order valence-electron chi connectivity index (χ4n) is 2.18. The third kappa shape index (κ3) is 2.94. The molecule has 0 saturated heterocycles. The number of halogens is 1. The molecule has 0 atom stereocenters. The lowest BCUT2D eigenvalue weighted by Crippen LogP contribution is -2.17. The number of nitrogens with two attached hydrogens (primary N) is 1. The summed E-state index contributed by atoms with van der Waals surface area (Å²) in [7, 11) is 0. The molecule has 0 aliphatic heterocycles. The summed E-state index contributed by atoms with van der Waals surface area (Å²) < 4.78 is 0. The third-order valence-corrected chi connectivity index (χ3v) is 3.48. The van der Waals surface area contributed by atoms with E-state index in [-0.39, 0.29) is 5.84 Å². The number of anilines is 2. The van der Waals surface area contributed by atoms with Crippen LogP contribution in [0.15, 0.2) is 42.5 Å². The highest BCUT2D eigenvalue weighted by Gasteiger charge is 2.12. The van der Waals surface area contributed by atoms with E-state index in [4.69, 9.17) is 22.7 Å². The van der Waals surface area contributed by atoms with Gasteiger partial charge >= 0.3 is 0 Å². The summed E-state index contributed by atoms with van der Waals surface area (Å²) in [5.74, 6) is 0.0251. The molecule has 0 amide bonds. The average Bonchev–Trinajstić information content (AvgIpc) is 2.41. The third-order valence-electron chi connectivity index (χ3n) is 3.18. The monoisotopic (exact) mass is 287 g/mol. The van der Waals surface area contributed by atoms with Crippen molar-refractivity contribution in [1.82, 2.24) is 0 Å². The van der Waals surface area contributed by atoms with Gasteiger partial charge in [-0.1, -0.05) is 23.7 Å². The lowest BCUT2D eigenvalue weighted by molar-refractivity contribution is 1.02. The molecule has 0 aliphatic carbocycles. The number of benzene rings is 2. The van der Waals surface area contributed by atoms with Gasteiger partial charge in [-0.15, -0.1) is 0 Å². The maximum atomic E-state index is 7.45. The molecule has 3 N–H and O–H groups in total. The summed E-state index contributed by atoms with van der Waals surface area (Å²) in [5, 5.41) is 8.05. The number of hydrogen-bond acceptors (Lipinski definition) is 2. The van der Waals surface area contributed by atoms with Gasteiger partial charge in [0.1, 0.15) is 5.84 Å². The molecule has 2 aromatic carbocycles. The minimum Gasteiger partial charge on any atom is -0.384 e. The van der Waals surface area contributed by atoms with Gasteiger partial charge in [-0.2, -0.15) is 0 Å². The van der Waals surface area contributed by atoms with E-state index in [1.165, 1.54) is 5.56 Å². The van der Waals surface area contributed by atoms with Gasteiger partial charge in [0, 0.05) is 17.8 Å². The Balaban J connectivity index is 2.44. The Hall–Kier alpha value is -2.00. The molecule has 0 aromatic heterocycles. The Kier molecular flexibility index (Phi) is 4.30. The average molecular weight is 288 g/mol. The number of rotatable bonds is 4. The van der Waals surface area contributed by atoms with Crippen molar-refractivity contribution in [2.45, 2.75) is 13.8 Å². The van der Waals surface area contributed by atoms with Crippen LogP contribution < -0.4 is 10.6 Å². The second kappa shape index (κ2) is 5.97. The van der Waals surface area contributed by atoms with E-state index < -0.39 is 0 Å². The van der Waals surface area contributed by atoms with E-state index in [2.05, 4.69) is 36.9 Å². The largest absolute Gasteiger partial charge is 0.384 e.